The van der Waals surface area contributed by atoms with Gasteiger partial charge in [0, 0.05) is 107 Å². The topological polar surface area (TPSA) is 265 Å². The van der Waals surface area contributed by atoms with E-state index in [1.807, 2.05) is 146 Å². The Kier molecular flexibility index (Phi) is 31.1. The van der Waals surface area contributed by atoms with Gasteiger partial charge in [-0.05, 0) is 69.8 Å². The second-order valence-corrected chi connectivity index (χ2v) is 33.4. The van der Waals surface area contributed by atoms with Gasteiger partial charge in [-0.15, -0.1) is 0 Å². The number of ether oxygens (including phenoxy) is 3. The van der Waals surface area contributed by atoms with Gasteiger partial charge in [0.2, 0.25) is 21.7 Å². The maximum atomic E-state index is 13.0. The summed E-state index contributed by atoms with van der Waals surface area (Å²) in [5, 5.41) is 30.5. The second-order valence-electron chi connectivity index (χ2n) is 33.4. The minimum absolute atomic E-state index is 0. The minimum Gasteiger partial charge on any atom is -1.00 e. The van der Waals surface area contributed by atoms with Gasteiger partial charge in [-0.25, -0.2) is 19.9 Å². The number of aliphatic hydroxyl groups is 2. The van der Waals surface area contributed by atoms with Crippen LogP contribution in [0.2, 0.25) is 0 Å². The molecule has 0 amide bonds. The van der Waals surface area contributed by atoms with Gasteiger partial charge in [-0.3, -0.25) is 24.0 Å². The van der Waals surface area contributed by atoms with Gasteiger partial charge in [0.05, 0.1) is 99.1 Å². The van der Waals surface area contributed by atoms with E-state index >= 15 is 0 Å². The summed E-state index contributed by atoms with van der Waals surface area (Å²) in [6.45, 7) is 13.8. The predicted molar refractivity (Wildman–Crippen MR) is 520 cm³/mol. The van der Waals surface area contributed by atoms with Crippen LogP contribution in [0.5, 0.6) is 23.0 Å². The summed E-state index contributed by atoms with van der Waals surface area (Å²) in [7, 11) is 0. The number of carbonyl (C=O) groups excluding carboxylic acids is 1. The fraction of sp³-hybridized carbons (Fsp3) is 0.239. The van der Waals surface area contributed by atoms with Gasteiger partial charge < -0.3 is 67.5 Å². The van der Waals surface area contributed by atoms with E-state index in [9.17, 15) is 39.3 Å². The number of aldehydes is 1. The van der Waals surface area contributed by atoms with Crippen LogP contribution >= 0.6 is 0 Å². The molecular weight excluding hydrogens is 1690 g/mol. The molecule has 12 heterocycles. The van der Waals surface area contributed by atoms with E-state index in [0.29, 0.717) is 109 Å². The molecule has 16 aromatic rings. The Hall–Kier alpha value is -14.0. The molecule has 0 unspecified atom stereocenters. The molecule has 134 heavy (non-hydrogen) atoms. The number of carbonyl (C=O) groups is 1. The minimum atomic E-state index is -0.446. The van der Waals surface area contributed by atoms with Crippen molar-refractivity contribution >= 4 is 20.8 Å². The summed E-state index contributed by atoms with van der Waals surface area (Å²) < 4.78 is 34.6. The predicted octanol–water partition coefficient (Wildman–Crippen LogP) is 15.8. The first-order chi connectivity index (χ1) is 64.9. The zero-order chi connectivity index (χ0) is 91.1. The number of aliphatic hydroxyl groups excluding tert-OH is 2. The van der Waals surface area contributed by atoms with Crippen LogP contribution in [-0.4, -0.2) is 106 Å². The fourth-order valence-electron chi connectivity index (χ4n) is 19.1. The molecule has 3 radical (unpaired) electrons. The number of hydrogen-bond acceptors (Lipinski definition) is 15. The normalized spacial score (nSPS) is 14.4. The molecule has 0 saturated heterocycles. The van der Waals surface area contributed by atoms with Crippen molar-refractivity contribution in [2.75, 3.05) is 19.8 Å². The van der Waals surface area contributed by atoms with Gasteiger partial charge in [0.15, 0.2) is 52.6 Å². The van der Waals surface area contributed by atoms with E-state index in [1.165, 1.54) is 28.3 Å². The molecule has 0 fully saturated rings. The Balaban J connectivity index is 0.000000143. The molecule has 673 valence electrons. The Morgan fingerprint density at radius 2 is 0.597 bits per heavy atom. The number of benzene rings is 8. The van der Waals surface area contributed by atoms with Crippen molar-refractivity contribution in [3.8, 4) is 69.1 Å². The van der Waals surface area contributed by atoms with Gasteiger partial charge in [-0.1, -0.05) is 289 Å². The van der Waals surface area contributed by atoms with E-state index in [2.05, 4.69) is 206 Å². The molecule has 4 aliphatic rings. The number of aromatic nitrogens is 12. The van der Waals surface area contributed by atoms with Crippen LogP contribution in [0.15, 0.2) is 342 Å². The van der Waals surface area contributed by atoms with Crippen LogP contribution in [0.3, 0.4) is 0 Å². The average Bonchev–Trinajstić information content (AvgIpc) is 1.68. The molecule has 0 aliphatic carbocycles. The van der Waals surface area contributed by atoms with Gasteiger partial charge in [-0.2, -0.15) is 0 Å². The molecule has 0 spiro atoms. The molecule has 0 bridgehead atoms. The third-order valence-corrected chi connectivity index (χ3v) is 25.5. The number of imidazole rings is 4. The molecule has 3 N–H and O–H groups in total. The number of pyridine rings is 4. The van der Waals surface area contributed by atoms with Crippen LogP contribution in [-0.2, 0) is 39.4 Å². The van der Waals surface area contributed by atoms with Crippen molar-refractivity contribution in [3.63, 3.8) is 0 Å². The number of hydrogen-bond donors (Lipinski definition) is 3. The molecule has 8 aromatic carbocycles. The molecule has 20 rings (SSSR count). The van der Waals surface area contributed by atoms with Crippen molar-refractivity contribution in [2.24, 2.45) is 0 Å². The Labute approximate surface area is 803 Å². The number of aromatic hydroxyl groups is 1. The standard InChI is InChI=1S/C29H29N3O2.C28H29N3O3.C28H27N3O3.C24H21N3O3.B.Na.H/c1-3-5-18-34-28-25(33)16-17-31-24(20-32-23(4-2)19-30-29(32)27(28)31)26(21-12-8-6-9-13-21)22-14-10-7-11-15-22;2*1-2-3-16-34-27-24(33)14-15-30-23(18-31-22(19-32)17-29-28(31)26(27)30)25(20-10-6-4-7-11-20)21-12-8-5-9-13-21;28-15-18-13-25-24-22-23(30)20(29)11-12-26(22)19(14-27(18)24)21(16-7-3-1-4-8-16)17-9-5-2-6-10-17;;;/h4,6-17,19,24,26H,2-3,5,18,20H2,1H3;4-15,17,23,25,32H,2-3,16,18-19H2,1H3;4-15,17,19,23,25H,2-3,16,18H2,1H3;1-13,19,21,28,30H,14-15H2;;;/q;;;;;+1;-1/t24-;2*23-;19-;;;/m1111.../s1. The maximum absolute atomic E-state index is 13.0. The van der Waals surface area contributed by atoms with E-state index < -0.39 is 5.43 Å². The van der Waals surface area contributed by atoms with E-state index in [4.69, 9.17) is 19.2 Å². The summed E-state index contributed by atoms with van der Waals surface area (Å²) in [5.41, 5.74) is 13.7. The first kappa shape index (κ1) is 94.6. The van der Waals surface area contributed by atoms with Gasteiger partial charge in [0.1, 0.15) is 28.5 Å². The Morgan fingerprint density at radius 1 is 0.358 bits per heavy atom. The van der Waals surface area contributed by atoms with Crippen LogP contribution in [0, 0.1) is 0 Å². The fourth-order valence-corrected chi connectivity index (χ4v) is 19.1. The first-order valence-electron chi connectivity index (χ1n) is 45.3. The Morgan fingerprint density at radius 3 is 0.866 bits per heavy atom. The molecule has 25 heteroatoms. The number of rotatable bonds is 28. The SMILES string of the molecule is C=Cc1cnc2n1C[C@H](C(c1ccccc1)c1ccccc1)n1ccc(=O)c(OCCCC)c1-2.CCCCOc1c2n(ccc1=O)[C@@H](C(c1ccccc1)c1ccccc1)Cn1c(C=O)cnc1-2.CCCCOc1c2n(ccc1=O)[C@@H](C(c1ccccc1)c1ccccc1)Cn1c(CO)cnc1-2.O=c1ccn2c(c1O)-c1ncc(CO)n1C[C@@H]2C(c1ccccc1)c1ccccc1.[B].[H-].[Na+]. The van der Waals surface area contributed by atoms with Crippen molar-refractivity contribution in [2.45, 2.75) is 147 Å². The van der Waals surface area contributed by atoms with Crippen LogP contribution in [0.1, 0.15) is 181 Å². The summed E-state index contributed by atoms with van der Waals surface area (Å²) in [4.78, 5) is 81.2. The summed E-state index contributed by atoms with van der Waals surface area (Å²) in [6.07, 6.45) is 22.2. The summed E-state index contributed by atoms with van der Waals surface area (Å²) >= 11 is 0. The number of nitrogens with zero attached hydrogens (tertiary/aromatic N) is 12. The van der Waals surface area contributed by atoms with Crippen molar-refractivity contribution in [1.82, 2.24) is 56.5 Å². The van der Waals surface area contributed by atoms with E-state index in [-0.39, 0.29) is 122 Å². The van der Waals surface area contributed by atoms with Gasteiger partial charge in [0.25, 0.3) is 0 Å². The smallest absolute Gasteiger partial charge is 1.00 e. The molecular formula is C109H107BN12NaO11. The quantitative estimate of drug-likeness (QED) is 0.0234. The number of unbranched alkanes of at least 4 members (excludes halogenated alkanes) is 3. The third-order valence-electron chi connectivity index (χ3n) is 25.5. The zero-order valence-corrected chi connectivity index (χ0v) is 77.7. The molecule has 23 nitrogen and oxygen atoms in total. The maximum Gasteiger partial charge on any atom is 1.00 e. The van der Waals surface area contributed by atoms with Crippen molar-refractivity contribution < 1.29 is 65.3 Å². The zero-order valence-electron chi connectivity index (χ0n) is 76.7. The third kappa shape index (κ3) is 19.3. The molecule has 0 saturated carbocycles. The molecule has 4 atom stereocenters. The van der Waals surface area contributed by atoms with Crippen molar-refractivity contribution in [1.29, 1.82) is 0 Å². The Bertz CT molecular complexity index is 6550. The van der Waals surface area contributed by atoms with Crippen LogP contribution < -0.4 is 65.5 Å². The largest absolute Gasteiger partial charge is 1.00 e. The van der Waals surface area contributed by atoms with Crippen LogP contribution in [0.25, 0.3) is 52.1 Å². The van der Waals surface area contributed by atoms with E-state index in [0.717, 1.165) is 90.0 Å². The molecule has 8 aromatic heterocycles. The monoisotopic (exact) mass is 1790 g/mol. The van der Waals surface area contributed by atoms with Gasteiger partial charge >= 0.3 is 29.6 Å². The summed E-state index contributed by atoms with van der Waals surface area (Å²) in [5.74, 6) is 3.21. The van der Waals surface area contributed by atoms with E-state index in [1.54, 1.807) is 43.0 Å². The van der Waals surface area contributed by atoms with Crippen molar-refractivity contribution in [3.05, 3.63) is 431 Å². The first-order valence-corrected chi connectivity index (χ1v) is 45.3. The molecule has 4 aliphatic heterocycles. The number of fused-ring (bicyclic) bond motifs is 12. The average molecular weight is 1790 g/mol. The summed E-state index contributed by atoms with van der Waals surface area (Å²) in [6, 6.07) is 89.0. The second kappa shape index (κ2) is 44.0. The van der Waals surface area contributed by atoms with Crippen LogP contribution in [0.4, 0.5) is 0 Å².